The first-order valence-corrected chi connectivity index (χ1v) is 6.36. The number of carboxylic acid groups (broad SMARTS) is 1. The van der Waals surface area contributed by atoms with Gasteiger partial charge in [0.15, 0.2) is 0 Å². The van der Waals surface area contributed by atoms with Crippen molar-refractivity contribution in [1.29, 1.82) is 0 Å². The van der Waals surface area contributed by atoms with E-state index in [2.05, 4.69) is 9.55 Å². The van der Waals surface area contributed by atoms with Gasteiger partial charge < -0.3 is 15.4 Å². The number of aryl methyl sites for hydroxylation is 2. The van der Waals surface area contributed by atoms with E-state index in [4.69, 9.17) is 10.8 Å². The Bertz CT molecular complexity index is 602. The van der Waals surface area contributed by atoms with Crippen molar-refractivity contribution in [2.24, 2.45) is 5.73 Å². The molecular weight excluding hydrogens is 242 g/mol. The molecule has 3 N–H and O–H groups in total. The fourth-order valence-electron chi connectivity index (χ4n) is 2.19. The van der Waals surface area contributed by atoms with Crippen molar-refractivity contribution in [3.8, 4) is 0 Å². The van der Waals surface area contributed by atoms with E-state index in [-0.39, 0.29) is 0 Å². The van der Waals surface area contributed by atoms with E-state index in [1.54, 1.807) is 6.92 Å². The normalized spacial score (nSPS) is 14.5. The molecule has 0 aliphatic carbocycles. The topological polar surface area (TPSA) is 81.1 Å². The number of hydrogen-bond acceptors (Lipinski definition) is 3. The van der Waals surface area contributed by atoms with E-state index in [1.807, 2.05) is 31.2 Å². The molecule has 0 radical (unpaired) electrons. The molecule has 0 saturated carbocycles. The number of benzene rings is 1. The number of hydrogen-bond donors (Lipinski definition) is 2. The molecule has 2 aromatic rings. The molecule has 2 rings (SSSR count). The molecule has 1 unspecified atom stereocenters. The first kappa shape index (κ1) is 13.5. The Labute approximate surface area is 112 Å². The average molecular weight is 261 g/mol. The van der Waals surface area contributed by atoms with Gasteiger partial charge in [0, 0.05) is 6.54 Å². The van der Waals surface area contributed by atoms with Crippen LogP contribution < -0.4 is 5.73 Å². The van der Waals surface area contributed by atoms with Gasteiger partial charge in [0.2, 0.25) is 0 Å². The summed E-state index contributed by atoms with van der Waals surface area (Å²) < 4.78 is 2.10. The monoisotopic (exact) mass is 261 g/mol. The Morgan fingerprint density at radius 3 is 2.84 bits per heavy atom. The van der Waals surface area contributed by atoms with Crippen molar-refractivity contribution in [2.45, 2.75) is 38.8 Å². The molecule has 1 aromatic heterocycles. The summed E-state index contributed by atoms with van der Waals surface area (Å²) >= 11 is 0. The third-order valence-electron chi connectivity index (χ3n) is 3.41. The summed E-state index contributed by atoms with van der Waals surface area (Å²) in [6.45, 7) is 4.24. The van der Waals surface area contributed by atoms with Crippen molar-refractivity contribution in [3.05, 3.63) is 30.1 Å². The van der Waals surface area contributed by atoms with Crippen molar-refractivity contribution < 1.29 is 9.90 Å². The minimum atomic E-state index is -1.16. The molecule has 0 bridgehead atoms. The van der Waals surface area contributed by atoms with E-state index in [1.165, 1.54) is 0 Å². The van der Waals surface area contributed by atoms with Crippen LogP contribution in [0.5, 0.6) is 0 Å². The number of fused-ring (bicyclic) bond motifs is 1. The zero-order valence-corrected chi connectivity index (χ0v) is 11.3. The van der Waals surface area contributed by atoms with E-state index >= 15 is 0 Å². The summed E-state index contributed by atoms with van der Waals surface area (Å²) in [5.41, 5.74) is 6.61. The molecule has 0 saturated heterocycles. The molecule has 19 heavy (non-hydrogen) atoms. The van der Waals surface area contributed by atoms with Crippen LogP contribution >= 0.6 is 0 Å². The Hall–Kier alpha value is -1.88. The van der Waals surface area contributed by atoms with Gasteiger partial charge in [-0.05, 0) is 38.8 Å². The number of carbonyl (C=O) groups is 1. The van der Waals surface area contributed by atoms with Gasteiger partial charge in [0.05, 0.1) is 11.0 Å². The number of rotatable bonds is 5. The van der Waals surface area contributed by atoms with Crippen LogP contribution in [-0.2, 0) is 11.3 Å². The van der Waals surface area contributed by atoms with E-state index in [0.29, 0.717) is 12.8 Å². The summed E-state index contributed by atoms with van der Waals surface area (Å²) in [4.78, 5) is 15.4. The molecule has 0 aliphatic heterocycles. The molecule has 5 nitrogen and oxygen atoms in total. The molecule has 1 heterocycles. The van der Waals surface area contributed by atoms with Crippen LogP contribution in [0.1, 0.15) is 25.6 Å². The van der Waals surface area contributed by atoms with Crippen molar-refractivity contribution in [2.75, 3.05) is 0 Å². The zero-order chi connectivity index (χ0) is 14.0. The van der Waals surface area contributed by atoms with Crippen LogP contribution in [0.15, 0.2) is 24.3 Å². The lowest BCUT2D eigenvalue weighted by atomic mass is 9.97. The highest BCUT2D eigenvalue weighted by Gasteiger charge is 2.27. The number of imidazole rings is 1. The SMILES string of the molecule is Cc1nc2ccccc2n1CCCC(C)(N)C(=O)O. The number of para-hydroxylation sites is 2. The molecule has 0 fully saturated rings. The summed E-state index contributed by atoms with van der Waals surface area (Å²) in [5.74, 6) is -0.0186. The second kappa shape index (κ2) is 5.01. The maximum absolute atomic E-state index is 10.9. The third-order valence-corrected chi connectivity index (χ3v) is 3.41. The molecule has 0 amide bonds. The maximum atomic E-state index is 10.9. The highest BCUT2D eigenvalue weighted by Crippen LogP contribution is 2.17. The molecule has 0 aliphatic rings. The fraction of sp³-hybridized carbons (Fsp3) is 0.429. The Balaban J connectivity index is 2.10. The lowest BCUT2D eigenvalue weighted by molar-refractivity contribution is -0.142. The van der Waals surface area contributed by atoms with Gasteiger partial charge in [-0.3, -0.25) is 4.79 Å². The van der Waals surface area contributed by atoms with Gasteiger partial charge in [-0.2, -0.15) is 0 Å². The van der Waals surface area contributed by atoms with E-state index in [9.17, 15) is 4.79 Å². The number of aliphatic carboxylic acids is 1. The van der Waals surface area contributed by atoms with Crippen LogP contribution in [-0.4, -0.2) is 26.2 Å². The molecule has 0 spiro atoms. The third kappa shape index (κ3) is 2.76. The molecule has 1 aromatic carbocycles. The minimum absolute atomic E-state index is 0.439. The molecular formula is C14H19N3O2. The van der Waals surface area contributed by atoms with Crippen molar-refractivity contribution in [3.63, 3.8) is 0 Å². The standard InChI is InChI=1S/C14H19N3O2/c1-10-16-11-6-3-4-7-12(11)17(10)9-5-8-14(2,15)13(18)19/h3-4,6-7H,5,8-9,15H2,1-2H3,(H,18,19). The second-order valence-corrected chi connectivity index (χ2v) is 5.13. The number of carboxylic acids is 1. The molecule has 102 valence electrons. The van der Waals surface area contributed by atoms with Gasteiger partial charge >= 0.3 is 5.97 Å². The number of nitrogens with zero attached hydrogens (tertiary/aromatic N) is 2. The van der Waals surface area contributed by atoms with E-state index in [0.717, 1.165) is 23.4 Å². The lowest BCUT2D eigenvalue weighted by Crippen LogP contribution is -2.44. The number of aromatic nitrogens is 2. The highest BCUT2D eigenvalue weighted by atomic mass is 16.4. The van der Waals surface area contributed by atoms with Crippen molar-refractivity contribution >= 4 is 17.0 Å². The Kier molecular flexibility index (Phi) is 3.57. The summed E-state index contributed by atoms with van der Waals surface area (Å²) in [7, 11) is 0. The zero-order valence-electron chi connectivity index (χ0n) is 11.3. The smallest absolute Gasteiger partial charge is 0.323 e. The quantitative estimate of drug-likeness (QED) is 0.861. The summed E-state index contributed by atoms with van der Waals surface area (Å²) in [6.07, 6.45) is 1.15. The van der Waals surface area contributed by atoms with Crippen LogP contribution in [0.4, 0.5) is 0 Å². The predicted molar refractivity (Wildman–Crippen MR) is 73.9 cm³/mol. The Morgan fingerprint density at radius 1 is 1.47 bits per heavy atom. The summed E-state index contributed by atoms with van der Waals surface area (Å²) in [5, 5.41) is 8.98. The first-order chi connectivity index (χ1) is 8.92. The Morgan fingerprint density at radius 2 is 2.16 bits per heavy atom. The van der Waals surface area contributed by atoms with Gasteiger partial charge in [-0.1, -0.05) is 12.1 Å². The van der Waals surface area contributed by atoms with Gasteiger partial charge in [-0.15, -0.1) is 0 Å². The fourth-order valence-corrected chi connectivity index (χ4v) is 2.19. The largest absolute Gasteiger partial charge is 0.480 e. The van der Waals surface area contributed by atoms with Crippen LogP contribution in [0.2, 0.25) is 0 Å². The van der Waals surface area contributed by atoms with Gasteiger partial charge in [0.25, 0.3) is 0 Å². The van der Waals surface area contributed by atoms with Crippen LogP contribution in [0, 0.1) is 6.92 Å². The highest BCUT2D eigenvalue weighted by molar-refractivity contribution is 5.77. The van der Waals surface area contributed by atoms with Gasteiger partial charge in [0.1, 0.15) is 11.4 Å². The van der Waals surface area contributed by atoms with Crippen LogP contribution in [0.3, 0.4) is 0 Å². The van der Waals surface area contributed by atoms with Gasteiger partial charge in [-0.25, -0.2) is 4.98 Å². The van der Waals surface area contributed by atoms with E-state index < -0.39 is 11.5 Å². The predicted octanol–water partition coefficient (Wildman–Crippen LogP) is 1.93. The second-order valence-electron chi connectivity index (χ2n) is 5.13. The van der Waals surface area contributed by atoms with Crippen LogP contribution in [0.25, 0.3) is 11.0 Å². The molecule has 1 atom stereocenters. The van der Waals surface area contributed by atoms with Crippen molar-refractivity contribution in [1.82, 2.24) is 9.55 Å². The maximum Gasteiger partial charge on any atom is 0.323 e. The minimum Gasteiger partial charge on any atom is -0.480 e. The summed E-state index contributed by atoms with van der Waals surface area (Å²) in [6, 6.07) is 7.93. The molecule has 5 heteroatoms. The average Bonchev–Trinajstić information content (AvgIpc) is 2.65. The first-order valence-electron chi connectivity index (χ1n) is 6.36. The number of nitrogens with two attached hydrogens (primary N) is 1. The lowest BCUT2D eigenvalue weighted by Gasteiger charge is -2.19.